The van der Waals surface area contributed by atoms with Crippen LogP contribution in [0, 0.1) is 5.95 Å². The number of ether oxygens (including phenoxy) is 2. The van der Waals surface area contributed by atoms with Gasteiger partial charge in [0.1, 0.15) is 0 Å². The molecule has 3 heterocycles. The van der Waals surface area contributed by atoms with Crippen molar-refractivity contribution in [2.45, 2.75) is 62.5 Å². The monoisotopic (exact) mass is 399 g/mol. The van der Waals surface area contributed by atoms with Crippen molar-refractivity contribution in [3.63, 3.8) is 0 Å². The highest BCUT2D eigenvalue weighted by Gasteiger charge is 2.48. The second-order valence-electron chi connectivity index (χ2n) is 8.42. The normalized spacial score (nSPS) is 23.4. The van der Waals surface area contributed by atoms with Gasteiger partial charge in [-0.3, -0.25) is 4.98 Å². The van der Waals surface area contributed by atoms with E-state index in [1.165, 1.54) is 25.6 Å². The van der Waals surface area contributed by atoms with Crippen molar-refractivity contribution in [1.29, 1.82) is 0 Å². The summed E-state index contributed by atoms with van der Waals surface area (Å²) >= 11 is 0. The van der Waals surface area contributed by atoms with Gasteiger partial charge in [0, 0.05) is 36.7 Å². The molecule has 1 unspecified atom stereocenters. The van der Waals surface area contributed by atoms with Crippen molar-refractivity contribution in [1.82, 2.24) is 15.3 Å². The summed E-state index contributed by atoms with van der Waals surface area (Å²) < 4.78 is 24.8. The predicted molar refractivity (Wildman–Crippen MR) is 109 cm³/mol. The molecular formula is C23H30FN3O2. The van der Waals surface area contributed by atoms with Gasteiger partial charge in [-0.05, 0) is 62.4 Å². The number of methoxy groups -OCH3 is 1. The molecule has 1 saturated carbocycles. The van der Waals surface area contributed by atoms with Crippen molar-refractivity contribution in [3.8, 4) is 5.75 Å². The van der Waals surface area contributed by atoms with Crippen molar-refractivity contribution in [3.05, 3.63) is 53.9 Å². The SMILES string of the molecule is COc1cc(CNCCC2(c3ccccn3)CCOC3(CCCC3)C2)cnc1F. The lowest BCUT2D eigenvalue weighted by atomic mass is 9.68. The van der Waals surface area contributed by atoms with E-state index in [2.05, 4.69) is 22.4 Å². The third-order valence-corrected chi connectivity index (χ3v) is 6.57. The lowest BCUT2D eigenvalue weighted by molar-refractivity contribution is -0.104. The summed E-state index contributed by atoms with van der Waals surface area (Å²) in [6.07, 6.45) is 11.3. The summed E-state index contributed by atoms with van der Waals surface area (Å²) in [7, 11) is 1.46. The lowest BCUT2D eigenvalue weighted by Crippen LogP contribution is -2.47. The molecule has 2 fully saturated rings. The van der Waals surface area contributed by atoms with Crippen LogP contribution in [0.3, 0.4) is 0 Å². The van der Waals surface area contributed by atoms with Crippen LogP contribution in [-0.4, -0.2) is 35.8 Å². The maximum atomic E-state index is 13.5. The first-order valence-corrected chi connectivity index (χ1v) is 10.6. The summed E-state index contributed by atoms with van der Waals surface area (Å²) in [5, 5.41) is 3.51. The van der Waals surface area contributed by atoms with Crippen LogP contribution < -0.4 is 10.1 Å². The summed E-state index contributed by atoms with van der Waals surface area (Å²) in [6, 6.07) is 7.94. The highest BCUT2D eigenvalue weighted by atomic mass is 19.1. The molecule has 1 aliphatic heterocycles. The van der Waals surface area contributed by atoms with E-state index < -0.39 is 5.95 Å². The minimum Gasteiger partial charge on any atom is -0.492 e. The Bertz CT molecular complexity index is 811. The molecule has 2 aromatic heterocycles. The van der Waals surface area contributed by atoms with Crippen LogP contribution in [0.2, 0.25) is 0 Å². The van der Waals surface area contributed by atoms with Crippen molar-refractivity contribution in [2.75, 3.05) is 20.3 Å². The molecule has 1 N–H and O–H groups in total. The summed E-state index contributed by atoms with van der Waals surface area (Å²) in [5.74, 6) is -0.392. The average Bonchev–Trinajstić information content (AvgIpc) is 3.20. The molecule has 1 atom stereocenters. The first-order valence-electron chi connectivity index (χ1n) is 10.6. The van der Waals surface area contributed by atoms with Gasteiger partial charge in [0.25, 0.3) is 5.95 Å². The molecule has 4 rings (SSSR count). The Morgan fingerprint density at radius 3 is 2.83 bits per heavy atom. The predicted octanol–water partition coefficient (Wildman–Crippen LogP) is 4.17. The molecule has 6 heteroatoms. The van der Waals surface area contributed by atoms with E-state index in [0.717, 1.165) is 50.8 Å². The van der Waals surface area contributed by atoms with E-state index in [1.807, 2.05) is 12.3 Å². The fourth-order valence-electron chi connectivity index (χ4n) is 5.06. The molecule has 0 aromatic carbocycles. The topological polar surface area (TPSA) is 56.3 Å². The number of halogens is 1. The van der Waals surface area contributed by atoms with E-state index >= 15 is 0 Å². The van der Waals surface area contributed by atoms with Crippen molar-refractivity contribution in [2.24, 2.45) is 0 Å². The zero-order valence-corrected chi connectivity index (χ0v) is 17.1. The molecule has 2 aliphatic rings. The van der Waals surface area contributed by atoms with Gasteiger partial charge in [-0.15, -0.1) is 0 Å². The van der Waals surface area contributed by atoms with E-state index in [-0.39, 0.29) is 16.8 Å². The average molecular weight is 400 g/mol. The van der Waals surface area contributed by atoms with Crippen LogP contribution in [0.4, 0.5) is 4.39 Å². The lowest BCUT2D eigenvalue weighted by Gasteiger charge is -2.46. The van der Waals surface area contributed by atoms with Crippen LogP contribution in [0.1, 0.15) is 56.2 Å². The minimum absolute atomic E-state index is 0.0318. The van der Waals surface area contributed by atoms with Gasteiger partial charge in [0.05, 0.1) is 12.7 Å². The number of hydrogen-bond donors (Lipinski definition) is 1. The first kappa shape index (κ1) is 20.2. The van der Waals surface area contributed by atoms with Crippen LogP contribution in [-0.2, 0) is 16.7 Å². The number of pyridine rings is 2. The Hall–Kier alpha value is -2.05. The fraction of sp³-hybridized carbons (Fsp3) is 0.565. The Kier molecular flexibility index (Phi) is 6.11. The minimum atomic E-state index is -0.575. The standard InChI is InChI=1S/C23H30FN3O2/c1-28-19-14-18(16-27-21(19)24)15-25-12-9-22(20-6-2-5-11-26-20)10-13-29-23(17-22)7-3-4-8-23/h2,5-6,11,14,16,25H,3-4,7-10,12-13,15,17H2,1H3. The number of nitrogens with one attached hydrogen (secondary N) is 1. The Morgan fingerprint density at radius 2 is 2.07 bits per heavy atom. The molecule has 0 radical (unpaired) electrons. The van der Waals surface area contributed by atoms with Gasteiger partial charge in [-0.25, -0.2) is 4.98 Å². The summed E-state index contributed by atoms with van der Waals surface area (Å²) in [5.41, 5.74) is 2.16. The van der Waals surface area contributed by atoms with Gasteiger partial charge < -0.3 is 14.8 Å². The number of nitrogens with zero attached hydrogens (tertiary/aromatic N) is 2. The maximum absolute atomic E-state index is 13.5. The van der Waals surface area contributed by atoms with E-state index in [9.17, 15) is 4.39 Å². The van der Waals surface area contributed by atoms with Gasteiger partial charge in [-0.2, -0.15) is 4.39 Å². The Balaban J connectivity index is 1.44. The van der Waals surface area contributed by atoms with Crippen molar-refractivity contribution >= 4 is 0 Å². The Morgan fingerprint density at radius 1 is 1.21 bits per heavy atom. The molecule has 29 heavy (non-hydrogen) atoms. The number of rotatable bonds is 7. The van der Waals surface area contributed by atoms with Crippen LogP contribution in [0.15, 0.2) is 36.7 Å². The Labute approximate surface area is 172 Å². The van der Waals surface area contributed by atoms with Crippen molar-refractivity contribution < 1.29 is 13.9 Å². The number of aromatic nitrogens is 2. The molecule has 1 saturated heterocycles. The molecule has 0 amide bonds. The second kappa shape index (κ2) is 8.76. The molecule has 0 bridgehead atoms. The molecule has 2 aromatic rings. The third kappa shape index (κ3) is 4.43. The zero-order chi connectivity index (χ0) is 20.2. The quantitative estimate of drug-likeness (QED) is 0.560. The summed E-state index contributed by atoms with van der Waals surface area (Å²) in [4.78, 5) is 8.52. The van der Waals surface area contributed by atoms with Crippen LogP contribution >= 0.6 is 0 Å². The van der Waals surface area contributed by atoms with E-state index in [0.29, 0.717) is 6.54 Å². The summed E-state index contributed by atoms with van der Waals surface area (Å²) in [6.45, 7) is 2.28. The van der Waals surface area contributed by atoms with Gasteiger partial charge in [0.15, 0.2) is 5.75 Å². The maximum Gasteiger partial charge on any atom is 0.255 e. The van der Waals surface area contributed by atoms with Gasteiger partial charge in [-0.1, -0.05) is 18.9 Å². The van der Waals surface area contributed by atoms with E-state index in [1.54, 1.807) is 12.3 Å². The fourth-order valence-corrected chi connectivity index (χ4v) is 5.06. The largest absolute Gasteiger partial charge is 0.492 e. The van der Waals surface area contributed by atoms with Gasteiger partial charge in [0.2, 0.25) is 0 Å². The van der Waals surface area contributed by atoms with Gasteiger partial charge >= 0.3 is 0 Å². The molecule has 156 valence electrons. The van der Waals surface area contributed by atoms with Crippen LogP contribution in [0.25, 0.3) is 0 Å². The molecule has 1 aliphatic carbocycles. The highest BCUT2D eigenvalue weighted by molar-refractivity contribution is 5.25. The number of hydrogen-bond acceptors (Lipinski definition) is 5. The second-order valence-corrected chi connectivity index (χ2v) is 8.42. The third-order valence-electron chi connectivity index (χ3n) is 6.57. The van der Waals surface area contributed by atoms with Crippen LogP contribution in [0.5, 0.6) is 5.75 Å². The zero-order valence-electron chi connectivity index (χ0n) is 17.1. The molecule has 5 nitrogen and oxygen atoms in total. The van der Waals surface area contributed by atoms with E-state index in [4.69, 9.17) is 14.5 Å². The molecule has 1 spiro atoms. The molecular weight excluding hydrogens is 369 g/mol. The first-order chi connectivity index (χ1) is 14.1. The smallest absolute Gasteiger partial charge is 0.255 e. The highest BCUT2D eigenvalue weighted by Crippen LogP contribution is 2.49.